The summed E-state index contributed by atoms with van der Waals surface area (Å²) in [4.78, 5) is 26.0. The van der Waals surface area contributed by atoms with Crippen LogP contribution < -0.4 is 0 Å². The molecule has 0 radical (unpaired) electrons. The predicted octanol–water partition coefficient (Wildman–Crippen LogP) is 3.91. The van der Waals surface area contributed by atoms with Gasteiger partial charge in [-0.15, -0.1) is 0 Å². The van der Waals surface area contributed by atoms with Crippen molar-refractivity contribution in [2.45, 2.75) is 65.9 Å². The molecular weight excluding hydrogens is 342 g/mol. The Labute approximate surface area is 164 Å². The molecule has 0 aliphatic rings. The lowest BCUT2D eigenvalue weighted by atomic mass is 10.1. The molecule has 0 spiro atoms. The van der Waals surface area contributed by atoms with E-state index in [1.165, 1.54) is 11.1 Å². The highest BCUT2D eigenvalue weighted by atomic mass is 16.5. The van der Waals surface area contributed by atoms with Crippen molar-refractivity contribution in [3.8, 4) is 0 Å². The van der Waals surface area contributed by atoms with Crippen LogP contribution >= 0.6 is 0 Å². The lowest BCUT2D eigenvalue weighted by Crippen LogP contribution is -2.34. The second kappa shape index (κ2) is 13.3. The Kier molecular flexibility index (Phi) is 11.4. The molecule has 5 heteroatoms. The smallest absolute Gasteiger partial charge is 0.307 e. The number of esters is 1. The molecule has 0 aromatic heterocycles. The summed E-state index contributed by atoms with van der Waals surface area (Å²) in [5.41, 5.74) is 2.49. The summed E-state index contributed by atoms with van der Waals surface area (Å²) < 4.78 is 10.5. The van der Waals surface area contributed by atoms with E-state index >= 15 is 0 Å². The molecule has 1 aromatic rings. The number of benzene rings is 1. The van der Waals surface area contributed by atoms with Gasteiger partial charge in [0.1, 0.15) is 0 Å². The molecule has 0 atom stereocenters. The van der Waals surface area contributed by atoms with Crippen LogP contribution in [-0.2, 0) is 25.5 Å². The average Bonchev–Trinajstić information content (AvgIpc) is 2.62. The summed E-state index contributed by atoms with van der Waals surface area (Å²) in [5.74, 6) is -0.163. The topological polar surface area (TPSA) is 55.8 Å². The maximum atomic E-state index is 12.6. The molecule has 0 fully saturated rings. The minimum absolute atomic E-state index is 0.0935. The first-order valence-corrected chi connectivity index (χ1v) is 10.0. The summed E-state index contributed by atoms with van der Waals surface area (Å²) in [7, 11) is 0. The zero-order chi connectivity index (χ0) is 20.1. The first-order chi connectivity index (χ1) is 12.9. The number of hydrogen-bond acceptors (Lipinski definition) is 4. The zero-order valence-corrected chi connectivity index (χ0v) is 17.3. The molecule has 1 amide bonds. The average molecular weight is 378 g/mol. The number of carbonyl (C=O) groups excluding carboxylic acids is 2. The highest BCUT2D eigenvalue weighted by molar-refractivity contribution is 5.77. The van der Waals surface area contributed by atoms with Crippen molar-refractivity contribution in [2.24, 2.45) is 0 Å². The van der Waals surface area contributed by atoms with Gasteiger partial charge in [0.15, 0.2) is 0 Å². The first kappa shape index (κ1) is 23.2. The van der Waals surface area contributed by atoms with Gasteiger partial charge < -0.3 is 14.4 Å². The number of aryl methyl sites for hydroxylation is 2. The van der Waals surface area contributed by atoms with Crippen molar-refractivity contribution < 1.29 is 19.1 Å². The molecular formula is C22H35NO4. The maximum Gasteiger partial charge on any atom is 0.307 e. The highest BCUT2D eigenvalue weighted by Crippen LogP contribution is 2.09. The van der Waals surface area contributed by atoms with Crippen molar-refractivity contribution >= 4 is 11.9 Å². The van der Waals surface area contributed by atoms with Crippen LogP contribution in [0.5, 0.6) is 0 Å². The lowest BCUT2D eigenvalue weighted by molar-refractivity contribution is -0.144. The van der Waals surface area contributed by atoms with Gasteiger partial charge in [0.05, 0.1) is 19.1 Å². The number of carbonyl (C=O) groups is 2. The van der Waals surface area contributed by atoms with Crippen LogP contribution in [0.15, 0.2) is 24.3 Å². The van der Waals surface area contributed by atoms with Crippen molar-refractivity contribution in [3.63, 3.8) is 0 Å². The lowest BCUT2D eigenvalue weighted by Gasteiger charge is -2.23. The summed E-state index contributed by atoms with van der Waals surface area (Å²) in [5, 5.41) is 0. The molecule has 1 aromatic carbocycles. The Morgan fingerprint density at radius 3 is 2.37 bits per heavy atom. The molecule has 1 rings (SSSR count). The van der Waals surface area contributed by atoms with Gasteiger partial charge in [-0.05, 0) is 52.5 Å². The molecule has 152 valence electrons. The van der Waals surface area contributed by atoms with E-state index in [0.29, 0.717) is 32.7 Å². The van der Waals surface area contributed by atoms with Gasteiger partial charge in [-0.1, -0.05) is 29.8 Å². The van der Waals surface area contributed by atoms with Crippen LogP contribution in [0.3, 0.4) is 0 Å². The molecule has 0 aliphatic heterocycles. The van der Waals surface area contributed by atoms with Gasteiger partial charge in [0, 0.05) is 26.1 Å². The molecule has 0 saturated carbocycles. The Bertz CT molecular complexity index is 554. The summed E-state index contributed by atoms with van der Waals surface area (Å²) in [6, 6.07) is 8.41. The first-order valence-electron chi connectivity index (χ1n) is 10.0. The standard InChI is InChI=1S/C22H35NO4/c1-5-26-22(25)14-16-23(15-7-17-27-18(2)3)21(24)9-6-8-20-12-10-19(4)11-13-20/h10-13,18H,5-9,14-17H2,1-4H3. The van der Waals surface area contributed by atoms with Crippen LogP contribution in [0.25, 0.3) is 0 Å². The Hall–Kier alpha value is -1.88. The van der Waals surface area contributed by atoms with Gasteiger partial charge in [0.2, 0.25) is 5.91 Å². The Morgan fingerprint density at radius 1 is 1.04 bits per heavy atom. The van der Waals surface area contributed by atoms with Gasteiger partial charge >= 0.3 is 5.97 Å². The van der Waals surface area contributed by atoms with Gasteiger partial charge in [0.25, 0.3) is 0 Å². The fraction of sp³-hybridized carbons (Fsp3) is 0.636. The minimum atomic E-state index is -0.256. The second-order valence-corrected chi connectivity index (χ2v) is 7.05. The number of hydrogen-bond donors (Lipinski definition) is 0. The minimum Gasteiger partial charge on any atom is -0.466 e. The van der Waals surface area contributed by atoms with Crippen molar-refractivity contribution in [3.05, 3.63) is 35.4 Å². The molecule has 5 nitrogen and oxygen atoms in total. The number of amides is 1. The normalized spacial score (nSPS) is 10.9. The largest absolute Gasteiger partial charge is 0.466 e. The maximum absolute atomic E-state index is 12.6. The number of nitrogens with zero attached hydrogens (tertiary/aromatic N) is 1. The SMILES string of the molecule is CCOC(=O)CCN(CCCOC(C)C)C(=O)CCCc1ccc(C)cc1. The third-order valence-electron chi connectivity index (χ3n) is 4.24. The van der Waals surface area contributed by atoms with E-state index < -0.39 is 0 Å². The van der Waals surface area contributed by atoms with Crippen LogP contribution in [-0.4, -0.2) is 49.2 Å². The second-order valence-electron chi connectivity index (χ2n) is 7.05. The fourth-order valence-electron chi connectivity index (χ4n) is 2.75. The van der Waals surface area contributed by atoms with Crippen LogP contribution in [0.2, 0.25) is 0 Å². The molecule has 0 N–H and O–H groups in total. The van der Waals surface area contributed by atoms with E-state index in [-0.39, 0.29) is 24.4 Å². The molecule has 0 saturated heterocycles. The highest BCUT2D eigenvalue weighted by Gasteiger charge is 2.15. The quantitative estimate of drug-likeness (QED) is 0.386. The van der Waals surface area contributed by atoms with Crippen LogP contribution in [0, 0.1) is 6.92 Å². The van der Waals surface area contributed by atoms with Gasteiger partial charge in [-0.2, -0.15) is 0 Å². The van der Waals surface area contributed by atoms with E-state index in [1.807, 2.05) is 13.8 Å². The summed E-state index contributed by atoms with van der Waals surface area (Å²) in [6.07, 6.45) is 3.37. The molecule has 27 heavy (non-hydrogen) atoms. The third kappa shape index (κ3) is 10.8. The van der Waals surface area contributed by atoms with Crippen LogP contribution in [0.4, 0.5) is 0 Å². The van der Waals surface area contributed by atoms with E-state index in [4.69, 9.17) is 9.47 Å². The Morgan fingerprint density at radius 2 is 1.74 bits per heavy atom. The molecule has 0 aliphatic carbocycles. The summed E-state index contributed by atoms with van der Waals surface area (Å²) >= 11 is 0. The summed E-state index contributed by atoms with van der Waals surface area (Å²) in [6.45, 7) is 9.84. The van der Waals surface area contributed by atoms with Crippen molar-refractivity contribution in [2.75, 3.05) is 26.3 Å². The van der Waals surface area contributed by atoms with E-state index in [2.05, 4.69) is 31.2 Å². The third-order valence-corrected chi connectivity index (χ3v) is 4.24. The molecule has 0 unspecified atom stereocenters. The van der Waals surface area contributed by atoms with E-state index in [0.717, 1.165) is 19.3 Å². The van der Waals surface area contributed by atoms with Crippen molar-refractivity contribution in [1.82, 2.24) is 4.90 Å². The molecule has 0 bridgehead atoms. The number of rotatable bonds is 13. The zero-order valence-electron chi connectivity index (χ0n) is 17.3. The number of ether oxygens (including phenoxy) is 2. The molecule has 0 heterocycles. The van der Waals surface area contributed by atoms with Crippen molar-refractivity contribution in [1.29, 1.82) is 0 Å². The predicted molar refractivity (Wildman–Crippen MR) is 108 cm³/mol. The Balaban J connectivity index is 2.45. The van der Waals surface area contributed by atoms with Crippen LogP contribution in [0.1, 0.15) is 57.6 Å². The van der Waals surface area contributed by atoms with E-state index in [9.17, 15) is 9.59 Å². The van der Waals surface area contributed by atoms with Gasteiger partial charge in [-0.3, -0.25) is 9.59 Å². The monoisotopic (exact) mass is 377 g/mol. The van der Waals surface area contributed by atoms with Gasteiger partial charge in [-0.25, -0.2) is 0 Å². The fourth-order valence-corrected chi connectivity index (χ4v) is 2.75. The van der Waals surface area contributed by atoms with E-state index in [1.54, 1.807) is 11.8 Å².